The fraction of sp³-hybridized carbons (Fsp3) is 0.900. The van der Waals surface area contributed by atoms with E-state index in [1.54, 1.807) is 0 Å². The molecular formula is C10H22N2O2. The molecular weight excluding hydrogens is 180 g/mol. The first kappa shape index (κ1) is 13.4. The van der Waals surface area contributed by atoms with Crippen molar-refractivity contribution in [1.82, 2.24) is 5.32 Å². The maximum absolute atomic E-state index is 10.3. The van der Waals surface area contributed by atoms with E-state index in [1.165, 1.54) is 0 Å². The van der Waals surface area contributed by atoms with Gasteiger partial charge in [-0.25, -0.2) is 0 Å². The molecule has 0 saturated carbocycles. The molecule has 0 aromatic carbocycles. The van der Waals surface area contributed by atoms with Crippen molar-refractivity contribution in [3.05, 3.63) is 0 Å². The predicted molar refractivity (Wildman–Crippen MR) is 57.2 cm³/mol. The van der Waals surface area contributed by atoms with E-state index in [4.69, 9.17) is 10.8 Å². The number of carbonyl (C=O) groups is 1. The second kappa shape index (κ2) is 5.98. The van der Waals surface area contributed by atoms with Crippen molar-refractivity contribution < 1.29 is 9.90 Å². The first-order valence-electron chi connectivity index (χ1n) is 5.03. The topological polar surface area (TPSA) is 75.4 Å². The molecule has 0 radical (unpaired) electrons. The Morgan fingerprint density at radius 2 is 1.71 bits per heavy atom. The van der Waals surface area contributed by atoms with Crippen molar-refractivity contribution in [2.45, 2.75) is 39.2 Å². The van der Waals surface area contributed by atoms with E-state index in [2.05, 4.69) is 5.32 Å². The van der Waals surface area contributed by atoms with Gasteiger partial charge < -0.3 is 16.2 Å². The number of hydrogen-bond acceptors (Lipinski definition) is 3. The summed E-state index contributed by atoms with van der Waals surface area (Å²) in [5.74, 6) is -0.734. The Labute approximate surface area is 85.9 Å². The summed E-state index contributed by atoms with van der Waals surface area (Å²) in [4.78, 5) is 10.3. The van der Waals surface area contributed by atoms with Gasteiger partial charge >= 0.3 is 5.97 Å². The van der Waals surface area contributed by atoms with Crippen LogP contribution in [0.15, 0.2) is 0 Å². The zero-order valence-electron chi connectivity index (χ0n) is 9.34. The van der Waals surface area contributed by atoms with Gasteiger partial charge in [-0.15, -0.1) is 0 Å². The van der Waals surface area contributed by atoms with Crippen LogP contribution in [0.2, 0.25) is 0 Å². The highest BCUT2D eigenvalue weighted by molar-refractivity contribution is 5.70. The van der Waals surface area contributed by atoms with Crippen LogP contribution < -0.4 is 11.1 Å². The van der Waals surface area contributed by atoms with E-state index in [9.17, 15) is 4.79 Å². The Kier molecular flexibility index (Phi) is 5.72. The molecule has 84 valence electrons. The highest BCUT2D eigenvalue weighted by Crippen LogP contribution is 2.10. The molecule has 0 aromatic rings. The highest BCUT2D eigenvalue weighted by Gasteiger charge is 2.18. The van der Waals surface area contributed by atoms with Gasteiger partial charge in [0.15, 0.2) is 0 Å². The molecule has 1 aliphatic heterocycles. The molecule has 0 amide bonds. The molecule has 1 aliphatic rings. The molecule has 14 heavy (non-hydrogen) atoms. The molecule has 1 fully saturated rings. The lowest BCUT2D eigenvalue weighted by molar-refractivity contribution is -0.142. The molecule has 0 unspecified atom stereocenters. The van der Waals surface area contributed by atoms with Crippen molar-refractivity contribution in [2.24, 2.45) is 11.7 Å². The van der Waals surface area contributed by atoms with Crippen molar-refractivity contribution >= 4 is 5.97 Å². The van der Waals surface area contributed by atoms with Gasteiger partial charge in [-0.3, -0.25) is 4.79 Å². The van der Waals surface area contributed by atoms with Crippen molar-refractivity contribution in [3.63, 3.8) is 0 Å². The molecule has 0 aliphatic carbocycles. The Hall–Kier alpha value is -0.610. The highest BCUT2D eigenvalue weighted by atomic mass is 16.4. The fourth-order valence-electron chi connectivity index (χ4n) is 1.07. The lowest BCUT2D eigenvalue weighted by Gasteiger charge is -2.17. The van der Waals surface area contributed by atoms with Crippen LogP contribution in [0.25, 0.3) is 0 Å². The van der Waals surface area contributed by atoms with Crippen LogP contribution in [0.5, 0.6) is 0 Å². The first-order valence-corrected chi connectivity index (χ1v) is 5.03. The first-order chi connectivity index (χ1) is 6.30. The van der Waals surface area contributed by atoms with Gasteiger partial charge in [0.2, 0.25) is 0 Å². The largest absolute Gasteiger partial charge is 0.481 e. The third-order valence-electron chi connectivity index (χ3n) is 1.69. The molecule has 1 heterocycles. The molecule has 4 heteroatoms. The van der Waals surface area contributed by atoms with Gasteiger partial charge in [0.05, 0.1) is 5.92 Å². The number of nitrogens with one attached hydrogen (secondary N) is 1. The Balaban J connectivity index is 0.000000292. The molecule has 4 N–H and O–H groups in total. The van der Waals surface area contributed by atoms with E-state index >= 15 is 0 Å². The SMILES string of the molecule is CC(C)(C)N.O=C(O)C1CCNCC1. The number of carboxylic acids is 1. The Bertz CT molecular complexity index is 163. The average Bonchev–Trinajstić information content (AvgIpc) is 2.03. The van der Waals surface area contributed by atoms with E-state index in [0.717, 1.165) is 25.9 Å². The molecule has 0 atom stereocenters. The minimum Gasteiger partial charge on any atom is -0.481 e. The molecule has 1 rings (SSSR count). The van der Waals surface area contributed by atoms with Crippen LogP contribution >= 0.6 is 0 Å². The molecule has 1 saturated heterocycles. The Morgan fingerprint density at radius 1 is 1.36 bits per heavy atom. The number of aliphatic carboxylic acids is 1. The summed E-state index contributed by atoms with van der Waals surface area (Å²) in [5.41, 5.74) is 5.35. The quantitative estimate of drug-likeness (QED) is 0.588. The van der Waals surface area contributed by atoms with Gasteiger partial charge in [-0.2, -0.15) is 0 Å². The minimum absolute atomic E-state index is 0. The van der Waals surface area contributed by atoms with Crippen LogP contribution in [0.3, 0.4) is 0 Å². The lowest BCUT2D eigenvalue weighted by Crippen LogP contribution is -2.31. The van der Waals surface area contributed by atoms with Crippen LogP contribution in [0, 0.1) is 5.92 Å². The normalized spacial score (nSPS) is 18.3. The summed E-state index contributed by atoms with van der Waals surface area (Å²) in [6.45, 7) is 7.61. The Morgan fingerprint density at radius 3 is 1.93 bits per heavy atom. The monoisotopic (exact) mass is 202 g/mol. The summed E-state index contributed by atoms with van der Waals surface area (Å²) >= 11 is 0. The summed E-state index contributed by atoms with van der Waals surface area (Å²) < 4.78 is 0. The fourth-order valence-corrected chi connectivity index (χ4v) is 1.07. The van der Waals surface area contributed by atoms with Crippen LogP contribution in [-0.2, 0) is 4.79 Å². The van der Waals surface area contributed by atoms with Crippen molar-refractivity contribution in [2.75, 3.05) is 13.1 Å². The number of nitrogens with two attached hydrogens (primary N) is 1. The van der Waals surface area contributed by atoms with Crippen LogP contribution in [-0.4, -0.2) is 29.7 Å². The third kappa shape index (κ3) is 9.48. The third-order valence-corrected chi connectivity index (χ3v) is 1.69. The van der Waals surface area contributed by atoms with E-state index in [0.29, 0.717) is 0 Å². The van der Waals surface area contributed by atoms with Crippen LogP contribution in [0.1, 0.15) is 33.6 Å². The maximum atomic E-state index is 10.3. The van der Waals surface area contributed by atoms with Gasteiger partial charge in [0.1, 0.15) is 0 Å². The molecule has 4 nitrogen and oxygen atoms in total. The molecule has 0 aromatic heterocycles. The van der Waals surface area contributed by atoms with Gasteiger partial charge in [0, 0.05) is 5.54 Å². The zero-order valence-corrected chi connectivity index (χ0v) is 9.34. The van der Waals surface area contributed by atoms with E-state index < -0.39 is 5.97 Å². The average molecular weight is 202 g/mol. The standard InChI is InChI=1S/C6H11NO2.C4H11N/c8-6(9)5-1-3-7-4-2-5;1-4(2,3)5/h5,7H,1-4H2,(H,8,9);5H2,1-3H3. The summed E-state index contributed by atoms with van der Waals surface area (Å²) in [6, 6.07) is 0. The van der Waals surface area contributed by atoms with Crippen molar-refractivity contribution in [1.29, 1.82) is 0 Å². The molecule has 0 spiro atoms. The van der Waals surface area contributed by atoms with E-state index in [1.807, 2.05) is 20.8 Å². The summed E-state index contributed by atoms with van der Waals surface area (Å²) in [7, 11) is 0. The lowest BCUT2D eigenvalue weighted by atomic mass is 9.99. The van der Waals surface area contributed by atoms with Gasteiger partial charge in [-0.1, -0.05) is 0 Å². The number of rotatable bonds is 1. The minimum atomic E-state index is -0.642. The number of piperidine rings is 1. The van der Waals surface area contributed by atoms with Gasteiger partial charge in [0.25, 0.3) is 0 Å². The summed E-state index contributed by atoms with van der Waals surface area (Å²) in [5, 5.41) is 11.6. The zero-order chi connectivity index (χ0) is 11.2. The second-order valence-electron chi connectivity index (χ2n) is 4.73. The number of carboxylic acid groups (broad SMARTS) is 1. The van der Waals surface area contributed by atoms with E-state index in [-0.39, 0.29) is 11.5 Å². The van der Waals surface area contributed by atoms with Crippen LogP contribution in [0.4, 0.5) is 0 Å². The summed E-state index contributed by atoms with van der Waals surface area (Å²) in [6.07, 6.45) is 1.57. The second-order valence-corrected chi connectivity index (χ2v) is 4.73. The van der Waals surface area contributed by atoms with Crippen molar-refractivity contribution in [3.8, 4) is 0 Å². The predicted octanol–water partition coefficient (Wildman–Crippen LogP) is 0.814. The molecule has 0 bridgehead atoms. The number of hydrogen-bond donors (Lipinski definition) is 3. The smallest absolute Gasteiger partial charge is 0.306 e. The maximum Gasteiger partial charge on any atom is 0.306 e. The van der Waals surface area contributed by atoms with Gasteiger partial charge in [-0.05, 0) is 46.7 Å².